The molecule has 0 atom stereocenters. The zero-order chi connectivity index (χ0) is 15.0. The van der Waals surface area contributed by atoms with Gasteiger partial charge in [0.2, 0.25) is 0 Å². The summed E-state index contributed by atoms with van der Waals surface area (Å²) in [6.07, 6.45) is 0. The van der Waals surface area contributed by atoms with Gasteiger partial charge >= 0.3 is 17.1 Å². The molecular formula is C12H11ClN2O5. The number of hydrogen-bond donors (Lipinski definition) is 0. The first-order valence-electron chi connectivity index (χ1n) is 5.54. The summed E-state index contributed by atoms with van der Waals surface area (Å²) in [5.41, 5.74) is 0.0341. The summed E-state index contributed by atoms with van der Waals surface area (Å²) >= 11 is 6.15. The number of non-ortho nitro benzene ring substituents is 1. The normalized spacial score (nSPS) is 10.6. The number of nitro benzene ring substituents is 1. The van der Waals surface area contributed by atoms with E-state index in [0.29, 0.717) is 10.3 Å². The number of methoxy groups -OCH3 is 2. The highest BCUT2D eigenvalue weighted by Crippen LogP contribution is 2.39. The first-order chi connectivity index (χ1) is 9.42. The number of aryl methyl sites for hydroxylation is 1. The van der Waals surface area contributed by atoms with Crippen molar-refractivity contribution in [3.05, 3.63) is 38.0 Å². The van der Waals surface area contributed by atoms with Gasteiger partial charge in [-0.3, -0.25) is 10.1 Å². The highest BCUT2D eigenvalue weighted by Gasteiger charge is 2.29. The number of fused-ring (bicyclic) bond motifs is 1. The van der Waals surface area contributed by atoms with Crippen molar-refractivity contribution in [1.29, 1.82) is 0 Å². The fraction of sp³-hybridized carbons (Fsp3) is 0.250. The molecule has 0 saturated heterocycles. The number of benzene rings is 1. The van der Waals surface area contributed by atoms with Crippen LogP contribution in [-0.4, -0.2) is 19.1 Å². The van der Waals surface area contributed by atoms with E-state index >= 15 is 0 Å². The van der Waals surface area contributed by atoms with Crippen LogP contribution in [0.25, 0.3) is 10.9 Å². The number of pyridine rings is 1. The lowest BCUT2D eigenvalue weighted by atomic mass is 10.1. The Hall–Kier alpha value is -2.28. The molecule has 8 heteroatoms. The number of ether oxygens (including phenoxy) is 2. The van der Waals surface area contributed by atoms with Crippen LogP contribution in [0.3, 0.4) is 0 Å². The van der Waals surface area contributed by atoms with Crippen LogP contribution in [0.1, 0.15) is 5.56 Å². The number of hydrogen-bond acceptors (Lipinski definition) is 5. The number of nitro groups is 1. The van der Waals surface area contributed by atoms with Crippen LogP contribution < -0.4 is 14.2 Å². The van der Waals surface area contributed by atoms with Gasteiger partial charge < -0.3 is 14.7 Å². The van der Waals surface area contributed by atoms with Crippen LogP contribution in [0.15, 0.2) is 12.1 Å². The van der Waals surface area contributed by atoms with Gasteiger partial charge in [-0.05, 0) is 12.5 Å². The van der Waals surface area contributed by atoms with E-state index in [1.807, 2.05) is 0 Å². The molecule has 0 amide bonds. The van der Waals surface area contributed by atoms with Gasteiger partial charge in [0.15, 0.2) is 0 Å². The average molecular weight is 299 g/mol. The van der Waals surface area contributed by atoms with Gasteiger partial charge in [-0.15, -0.1) is 4.73 Å². The Bertz CT molecular complexity index is 717. The molecule has 7 nitrogen and oxygen atoms in total. The van der Waals surface area contributed by atoms with Crippen molar-refractivity contribution in [1.82, 2.24) is 0 Å². The summed E-state index contributed by atoms with van der Waals surface area (Å²) in [4.78, 5) is 10.5. The SMILES string of the molecule is COc1cc([N+](=O)[O-])c2c(c(C)cc(OC)[n+]2[O-])c1Cl. The number of aromatic nitrogens is 1. The number of halogens is 1. The Morgan fingerprint density at radius 2 is 1.95 bits per heavy atom. The molecule has 1 aromatic heterocycles. The lowest BCUT2D eigenvalue weighted by molar-refractivity contribution is -0.587. The van der Waals surface area contributed by atoms with Crippen LogP contribution in [0.4, 0.5) is 5.69 Å². The monoisotopic (exact) mass is 298 g/mol. The second-order valence-electron chi connectivity index (χ2n) is 4.06. The van der Waals surface area contributed by atoms with Crippen LogP contribution in [0, 0.1) is 22.2 Å². The molecule has 1 aromatic carbocycles. The van der Waals surface area contributed by atoms with Crippen LogP contribution in [-0.2, 0) is 0 Å². The van der Waals surface area contributed by atoms with E-state index in [1.165, 1.54) is 20.3 Å². The molecule has 106 valence electrons. The highest BCUT2D eigenvalue weighted by molar-refractivity contribution is 6.37. The maximum absolute atomic E-state index is 12.2. The van der Waals surface area contributed by atoms with Crippen molar-refractivity contribution in [2.24, 2.45) is 0 Å². The zero-order valence-corrected chi connectivity index (χ0v) is 11.7. The lowest BCUT2D eigenvalue weighted by Gasteiger charge is -2.11. The van der Waals surface area contributed by atoms with Crippen LogP contribution in [0.2, 0.25) is 5.02 Å². The molecular weight excluding hydrogens is 288 g/mol. The minimum atomic E-state index is -0.658. The van der Waals surface area contributed by atoms with Gasteiger partial charge in [0, 0.05) is 0 Å². The number of rotatable bonds is 3. The van der Waals surface area contributed by atoms with Gasteiger partial charge in [-0.25, -0.2) is 0 Å². The maximum atomic E-state index is 12.2. The largest absolute Gasteiger partial charge is 0.615 e. The summed E-state index contributed by atoms with van der Waals surface area (Å²) < 4.78 is 10.3. The molecule has 0 saturated carbocycles. The van der Waals surface area contributed by atoms with Crippen molar-refractivity contribution >= 4 is 28.2 Å². The lowest BCUT2D eigenvalue weighted by Crippen LogP contribution is -2.30. The van der Waals surface area contributed by atoms with E-state index in [-0.39, 0.29) is 27.6 Å². The van der Waals surface area contributed by atoms with Crippen molar-refractivity contribution in [3.8, 4) is 11.6 Å². The van der Waals surface area contributed by atoms with Crippen molar-refractivity contribution < 1.29 is 19.1 Å². The van der Waals surface area contributed by atoms with E-state index in [4.69, 9.17) is 21.1 Å². The predicted octanol–water partition coefficient (Wildman–Crippen LogP) is 2.36. The Labute approximate surface area is 119 Å². The molecule has 2 rings (SSSR count). The Morgan fingerprint density at radius 3 is 2.45 bits per heavy atom. The molecule has 0 fully saturated rings. The first-order valence-corrected chi connectivity index (χ1v) is 5.91. The summed E-state index contributed by atoms with van der Waals surface area (Å²) in [5, 5.41) is 23.8. The molecule has 0 bridgehead atoms. The van der Waals surface area contributed by atoms with Crippen LogP contribution in [0.5, 0.6) is 11.6 Å². The third-order valence-corrected chi connectivity index (χ3v) is 3.32. The maximum Gasteiger partial charge on any atom is 0.380 e. The Morgan fingerprint density at radius 1 is 1.30 bits per heavy atom. The van der Waals surface area contributed by atoms with Gasteiger partial charge in [-0.2, -0.15) is 0 Å². The predicted molar refractivity (Wildman–Crippen MR) is 72.4 cm³/mol. The quantitative estimate of drug-likeness (QED) is 0.375. The van der Waals surface area contributed by atoms with E-state index in [0.717, 1.165) is 6.07 Å². The third-order valence-electron chi connectivity index (χ3n) is 2.95. The highest BCUT2D eigenvalue weighted by atomic mass is 35.5. The van der Waals surface area contributed by atoms with E-state index in [9.17, 15) is 15.3 Å². The third kappa shape index (κ3) is 1.96. The molecule has 0 aliphatic carbocycles. The molecule has 0 radical (unpaired) electrons. The van der Waals surface area contributed by atoms with Gasteiger partial charge in [0.25, 0.3) is 0 Å². The van der Waals surface area contributed by atoms with Gasteiger partial charge in [-0.1, -0.05) is 11.6 Å². The second-order valence-corrected chi connectivity index (χ2v) is 4.43. The van der Waals surface area contributed by atoms with Crippen molar-refractivity contribution in [2.45, 2.75) is 6.92 Å². The summed E-state index contributed by atoms with van der Waals surface area (Å²) in [7, 11) is 2.66. The Kier molecular flexibility index (Phi) is 3.54. The van der Waals surface area contributed by atoms with Crippen molar-refractivity contribution in [3.63, 3.8) is 0 Å². The molecule has 2 aromatic rings. The average Bonchev–Trinajstić information content (AvgIpc) is 2.41. The van der Waals surface area contributed by atoms with Gasteiger partial charge in [0.1, 0.15) is 5.75 Å². The molecule has 20 heavy (non-hydrogen) atoms. The molecule has 0 aliphatic heterocycles. The second kappa shape index (κ2) is 5.01. The Balaban J connectivity index is 3.07. The van der Waals surface area contributed by atoms with E-state index in [1.54, 1.807) is 6.92 Å². The number of nitrogens with zero attached hydrogens (tertiary/aromatic N) is 2. The van der Waals surface area contributed by atoms with Gasteiger partial charge in [0.05, 0.1) is 41.7 Å². The fourth-order valence-corrected chi connectivity index (χ4v) is 2.40. The topological polar surface area (TPSA) is 88.5 Å². The van der Waals surface area contributed by atoms with E-state index in [2.05, 4.69) is 0 Å². The van der Waals surface area contributed by atoms with Crippen molar-refractivity contribution in [2.75, 3.05) is 14.2 Å². The summed E-state index contributed by atoms with van der Waals surface area (Å²) in [6.45, 7) is 1.68. The minimum Gasteiger partial charge on any atom is -0.615 e. The van der Waals surface area contributed by atoms with Crippen LogP contribution >= 0.6 is 11.6 Å². The molecule has 1 heterocycles. The molecule has 0 unspecified atom stereocenters. The zero-order valence-electron chi connectivity index (χ0n) is 11.0. The molecule has 0 aliphatic rings. The standard InChI is InChI=1S/C12H11ClN2O5/c1-6-4-9(20-3)14(16)12-7(15(17)18)5-8(19-2)11(13)10(6)12/h4-5H,1-3H3. The van der Waals surface area contributed by atoms with E-state index < -0.39 is 10.6 Å². The summed E-state index contributed by atoms with van der Waals surface area (Å²) in [5.74, 6) is 0.0958. The minimum absolute atomic E-state index is 0.0423. The molecule has 0 N–H and O–H groups in total. The smallest absolute Gasteiger partial charge is 0.380 e. The summed E-state index contributed by atoms with van der Waals surface area (Å²) in [6, 6.07) is 2.59. The fourth-order valence-electron chi connectivity index (χ4n) is 2.03. The molecule has 0 spiro atoms. The first kappa shape index (κ1) is 14.1.